The van der Waals surface area contributed by atoms with Crippen molar-refractivity contribution in [3.05, 3.63) is 35.9 Å². The zero-order valence-corrected chi connectivity index (χ0v) is 11.6. The van der Waals surface area contributed by atoms with Gasteiger partial charge in [-0.1, -0.05) is 56.5 Å². The minimum Gasteiger partial charge on any atom is -0.396 e. The average molecular weight is 249 g/mol. The van der Waals surface area contributed by atoms with Gasteiger partial charge in [0.1, 0.15) is 0 Å². The third-order valence-electron chi connectivity index (χ3n) is 3.27. The van der Waals surface area contributed by atoms with E-state index in [-0.39, 0.29) is 0 Å². The number of nitrogens with one attached hydrogen (secondary N) is 1. The maximum atomic E-state index is 8.79. The predicted octanol–water partition coefficient (Wildman–Crippen LogP) is 3.67. The van der Waals surface area contributed by atoms with Crippen molar-refractivity contribution in [3.8, 4) is 0 Å². The van der Waals surface area contributed by atoms with Gasteiger partial charge in [-0.2, -0.15) is 0 Å². The molecule has 1 rings (SSSR count). The van der Waals surface area contributed by atoms with Crippen LogP contribution in [-0.4, -0.2) is 18.3 Å². The molecule has 0 spiro atoms. The molecule has 1 aromatic rings. The van der Waals surface area contributed by atoms with E-state index in [2.05, 4.69) is 42.6 Å². The normalized spacial score (nSPS) is 12.6. The van der Waals surface area contributed by atoms with Crippen LogP contribution in [0, 0.1) is 0 Å². The molecule has 0 fully saturated rings. The summed E-state index contributed by atoms with van der Waals surface area (Å²) in [5.74, 6) is 0. The lowest BCUT2D eigenvalue weighted by Crippen LogP contribution is -2.22. The van der Waals surface area contributed by atoms with E-state index in [1.807, 2.05) is 0 Å². The van der Waals surface area contributed by atoms with E-state index in [4.69, 9.17) is 5.11 Å². The highest BCUT2D eigenvalue weighted by Crippen LogP contribution is 2.19. The quantitative estimate of drug-likeness (QED) is 0.620. The Kier molecular flexibility index (Phi) is 8.53. The van der Waals surface area contributed by atoms with Gasteiger partial charge in [0.2, 0.25) is 0 Å². The van der Waals surface area contributed by atoms with Crippen LogP contribution in [0.4, 0.5) is 0 Å². The molecule has 0 aromatic heterocycles. The Hall–Kier alpha value is -0.860. The summed E-state index contributed by atoms with van der Waals surface area (Å²) < 4.78 is 0. The van der Waals surface area contributed by atoms with Crippen molar-refractivity contribution in [2.75, 3.05) is 13.2 Å². The molecule has 1 unspecified atom stereocenters. The summed E-state index contributed by atoms with van der Waals surface area (Å²) in [5.41, 5.74) is 1.39. The average Bonchev–Trinajstić information content (AvgIpc) is 2.42. The molecule has 0 saturated carbocycles. The maximum Gasteiger partial charge on any atom is 0.0431 e. The Morgan fingerprint density at radius 2 is 1.83 bits per heavy atom. The summed E-state index contributed by atoms with van der Waals surface area (Å²) in [6, 6.07) is 11.2. The third kappa shape index (κ3) is 6.18. The van der Waals surface area contributed by atoms with E-state index >= 15 is 0 Å². The van der Waals surface area contributed by atoms with Crippen molar-refractivity contribution in [1.82, 2.24) is 5.32 Å². The van der Waals surface area contributed by atoms with Crippen molar-refractivity contribution < 1.29 is 5.11 Å². The molecule has 0 bridgehead atoms. The molecule has 1 aromatic carbocycles. The van der Waals surface area contributed by atoms with Crippen molar-refractivity contribution >= 4 is 0 Å². The minimum absolute atomic E-state index is 0.299. The summed E-state index contributed by atoms with van der Waals surface area (Å²) >= 11 is 0. The largest absolute Gasteiger partial charge is 0.396 e. The monoisotopic (exact) mass is 249 g/mol. The Balaban J connectivity index is 2.42. The van der Waals surface area contributed by atoms with Crippen molar-refractivity contribution in [2.24, 2.45) is 0 Å². The molecule has 0 aliphatic carbocycles. The lowest BCUT2D eigenvalue weighted by Gasteiger charge is -2.19. The van der Waals surface area contributed by atoms with Crippen molar-refractivity contribution in [2.45, 2.75) is 51.5 Å². The van der Waals surface area contributed by atoms with Crippen LogP contribution < -0.4 is 5.32 Å². The first kappa shape index (κ1) is 15.2. The lowest BCUT2D eigenvalue weighted by atomic mass is 10.0. The summed E-state index contributed by atoms with van der Waals surface area (Å²) in [5, 5.41) is 12.4. The summed E-state index contributed by atoms with van der Waals surface area (Å²) in [7, 11) is 0. The molecular formula is C16H27NO. The smallest absolute Gasteiger partial charge is 0.0431 e. The number of hydrogen-bond donors (Lipinski definition) is 2. The summed E-state index contributed by atoms with van der Waals surface area (Å²) in [4.78, 5) is 0. The van der Waals surface area contributed by atoms with Crippen LogP contribution in [0.5, 0.6) is 0 Å². The van der Waals surface area contributed by atoms with E-state index in [1.54, 1.807) is 0 Å². The Labute approximate surface area is 111 Å². The molecule has 0 aliphatic rings. The molecule has 1 atom stereocenters. The fourth-order valence-corrected chi connectivity index (χ4v) is 2.18. The highest BCUT2D eigenvalue weighted by Gasteiger charge is 2.09. The van der Waals surface area contributed by atoms with Gasteiger partial charge in [0.05, 0.1) is 0 Å². The molecule has 0 saturated heterocycles. The Bertz CT molecular complexity index is 286. The number of aliphatic hydroxyl groups is 1. The van der Waals surface area contributed by atoms with Crippen LogP contribution in [0.3, 0.4) is 0 Å². The van der Waals surface area contributed by atoms with Gasteiger partial charge < -0.3 is 10.4 Å². The van der Waals surface area contributed by atoms with Gasteiger partial charge in [0, 0.05) is 12.6 Å². The fourth-order valence-electron chi connectivity index (χ4n) is 2.18. The van der Waals surface area contributed by atoms with E-state index in [9.17, 15) is 0 Å². The second kappa shape index (κ2) is 10.1. The van der Waals surface area contributed by atoms with Gasteiger partial charge in [-0.15, -0.1) is 0 Å². The molecule has 0 amide bonds. The van der Waals surface area contributed by atoms with Crippen LogP contribution in [0.1, 0.15) is 57.1 Å². The number of unbranched alkanes of at least 4 members (excludes halogenated alkanes) is 3. The van der Waals surface area contributed by atoms with Crippen LogP contribution in [-0.2, 0) is 0 Å². The highest BCUT2D eigenvalue weighted by atomic mass is 16.2. The molecule has 102 valence electrons. The number of hydrogen-bond acceptors (Lipinski definition) is 2. The standard InChI is InChI=1S/C16H27NO/c1-2-3-5-12-16(17-13-8-9-14-18)15-10-6-4-7-11-15/h4,6-7,10-11,16-18H,2-3,5,8-9,12-14H2,1H3. The number of aliphatic hydroxyl groups excluding tert-OH is 1. The first-order valence-electron chi connectivity index (χ1n) is 7.27. The van der Waals surface area contributed by atoms with Gasteiger partial charge in [0.15, 0.2) is 0 Å². The van der Waals surface area contributed by atoms with E-state index < -0.39 is 0 Å². The molecule has 0 aliphatic heterocycles. The second-order valence-electron chi connectivity index (χ2n) is 4.84. The van der Waals surface area contributed by atoms with E-state index in [0.29, 0.717) is 12.6 Å². The zero-order chi connectivity index (χ0) is 13.1. The zero-order valence-electron chi connectivity index (χ0n) is 11.6. The third-order valence-corrected chi connectivity index (χ3v) is 3.27. The van der Waals surface area contributed by atoms with Crippen molar-refractivity contribution in [3.63, 3.8) is 0 Å². The van der Waals surface area contributed by atoms with Crippen LogP contribution in [0.15, 0.2) is 30.3 Å². The first-order valence-corrected chi connectivity index (χ1v) is 7.27. The lowest BCUT2D eigenvalue weighted by molar-refractivity contribution is 0.282. The van der Waals surface area contributed by atoms with Crippen LogP contribution >= 0.6 is 0 Å². The van der Waals surface area contributed by atoms with Gasteiger partial charge in [-0.3, -0.25) is 0 Å². The highest BCUT2D eigenvalue weighted by molar-refractivity contribution is 5.18. The van der Waals surface area contributed by atoms with Gasteiger partial charge >= 0.3 is 0 Å². The molecular weight excluding hydrogens is 222 g/mol. The summed E-state index contributed by atoms with van der Waals surface area (Å²) in [6.45, 7) is 3.53. The molecule has 18 heavy (non-hydrogen) atoms. The first-order chi connectivity index (χ1) is 8.88. The molecule has 2 heteroatoms. The maximum absolute atomic E-state index is 8.79. The number of benzene rings is 1. The summed E-state index contributed by atoms with van der Waals surface area (Å²) in [6.07, 6.45) is 7.00. The van der Waals surface area contributed by atoms with E-state index in [1.165, 1.54) is 31.2 Å². The molecule has 2 nitrogen and oxygen atoms in total. The van der Waals surface area contributed by atoms with Gasteiger partial charge in [-0.25, -0.2) is 0 Å². The topological polar surface area (TPSA) is 32.3 Å². The van der Waals surface area contributed by atoms with Crippen LogP contribution in [0.2, 0.25) is 0 Å². The number of rotatable bonds is 10. The van der Waals surface area contributed by atoms with Gasteiger partial charge in [0.25, 0.3) is 0 Å². The molecule has 0 radical (unpaired) electrons. The second-order valence-corrected chi connectivity index (χ2v) is 4.84. The minimum atomic E-state index is 0.299. The molecule has 2 N–H and O–H groups in total. The van der Waals surface area contributed by atoms with E-state index in [0.717, 1.165) is 19.4 Å². The molecule has 0 heterocycles. The fraction of sp³-hybridized carbons (Fsp3) is 0.625. The Morgan fingerprint density at radius 3 is 2.50 bits per heavy atom. The Morgan fingerprint density at radius 1 is 1.06 bits per heavy atom. The van der Waals surface area contributed by atoms with Gasteiger partial charge in [-0.05, 0) is 31.4 Å². The predicted molar refractivity (Wildman–Crippen MR) is 77.6 cm³/mol. The SMILES string of the molecule is CCCCCC(NCCCCO)c1ccccc1. The van der Waals surface area contributed by atoms with Crippen LogP contribution in [0.25, 0.3) is 0 Å². The van der Waals surface area contributed by atoms with Crippen molar-refractivity contribution in [1.29, 1.82) is 0 Å².